The Morgan fingerprint density at radius 1 is 1.25 bits per heavy atom. The number of piperidine rings is 3. The molecule has 4 atom stereocenters. The molecule has 7 heteroatoms. The fraction of sp³-hybridized carbons (Fsp3) is 0.619. The Balaban J connectivity index is 1.55. The third-order valence-corrected chi connectivity index (χ3v) is 6.56. The average Bonchev–Trinajstić information content (AvgIpc) is 2.65. The predicted octanol–water partition coefficient (Wildman–Crippen LogP) is 2.30. The molecule has 0 aromatic heterocycles. The summed E-state index contributed by atoms with van der Waals surface area (Å²) < 4.78 is 27.7. The highest BCUT2D eigenvalue weighted by atomic mass is 19.2. The van der Waals surface area contributed by atoms with Crippen LogP contribution in [-0.4, -0.2) is 53.3 Å². The fourth-order valence-corrected chi connectivity index (χ4v) is 5.42. The van der Waals surface area contributed by atoms with Crippen LogP contribution in [0.2, 0.25) is 0 Å². The van der Waals surface area contributed by atoms with E-state index < -0.39 is 11.6 Å². The van der Waals surface area contributed by atoms with Gasteiger partial charge in [-0.25, -0.2) is 8.78 Å². The average molecular weight is 391 g/mol. The largest absolute Gasteiger partial charge is 0.354 e. The van der Waals surface area contributed by atoms with Gasteiger partial charge in [-0.3, -0.25) is 14.5 Å². The van der Waals surface area contributed by atoms with Crippen molar-refractivity contribution < 1.29 is 18.4 Å². The molecule has 4 rings (SSSR count). The minimum absolute atomic E-state index is 0.0295. The van der Waals surface area contributed by atoms with Crippen LogP contribution < -0.4 is 5.32 Å². The Labute approximate surface area is 164 Å². The number of benzene rings is 1. The van der Waals surface area contributed by atoms with Gasteiger partial charge >= 0.3 is 0 Å². The van der Waals surface area contributed by atoms with Crippen molar-refractivity contribution in [2.45, 2.75) is 51.2 Å². The SMILES string of the molecule is CC(=O)NC[C@H]1[C@H]2C[C@H](CN(Cc3cccc(F)c3F)C2)[C@@H]2CCCC(=O)N21. The molecule has 1 aromatic carbocycles. The number of carbonyl (C=O) groups is 2. The Morgan fingerprint density at radius 3 is 2.82 bits per heavy atom. The number of amides is 2. The van der Waals surface area contributed by atoms with E-state index in [1.807, 2.05) is 4.90 Å². The first-order valence-electron chi connectivity index (χ1n) is 10.1. The smallest absolute Gasteiger partial charge is 0.223 e. The zero-order chi connectivity index (χ0) is 19.8. The van der Waals surface area contributed by atoms with E-state index in [0.29, 0.717) is 37.5 Å². The summed E-state index contributed by atoms with van der Waals surface area (Å²) in [4.78, 5) is 28.4. The third kappa shape index (κ3) is 3.64. The topological polar surface area (TPSA) is 52.7 Å². The molecular formula is C21H27F2N3O2. The van der Waals surface area contributed by atoms with Crippen molar-refractivity contribution in [1.29, 1.82) is 0 Å². The molecule has 0 radical (unpaired) electrons. The summed E-state index contributed by atoms with van der Waals surface area (Å²) in [6, 6.07) is 4.46. The highest BCUT2D eigenvalue weighted by Gasteiger charge is 2.49. The number of carbonyl (C=O) groups excluding carboxylic acids is 2. The number of rotatable bonds is 4. The van der Waals surface area contributed by atoms with E-state index in [-0.39, 0.29) is 29.8 Å². The van der Waals surface area contributed by atoms with Crippen molar-refractivity contribution in [2.24, 2.45) is 11.8 Å². The summed E-state index contributed by atoms with van der Waals surface area (Å²) in [6.07, 6.45) is 3.46. The molecular weight excluding hydrogens is 364 g/mol. The van der Waals surface area contributed by atoms with Crippen molar-refractivity contribution >= 4 is 11.8 Å². The van der Waals surface area contributed by atoms with E-state index in [2.05, 4.69) is 10.2 Å². The van der Waals surface area contributed by atoms with E-state index in [9.17, 15) is 18.4 Å². The first-order chi connectivity index (χ1) is 13.4. The maximum Gasteiger partial charge on any atom is 0.223 e. The second-order valence-corrected chi connectivity index (χ2v) is 8.43. The summed E-state index contributed by atoms with van der Waals surface area (Å²) in [5.74, 6) is -0.943. The van der Waals surface area contributed by atoms with Crippen molar-refractivity contribution in [3.63, 3.8) is 0 Å². The van der Waals surface area contributed by atoms with Crippen LogP contribution in [0.4, 0.5) is 8.78 Å². The van der Waals surface area contributed by atoms with Crippen LogP contribution in [0.25, 0.3) is 0 Å². The molecule has 3 saturated heterocycles. The monoisotopic (exact) mass is 391 g/mol. The molecule has 2 bridgehead atoms. The summed E-state index contributed by atoms with van der Waals surface area (Å²) in [5, 5.41) is 2.89. The molecule has 152 valence electrons. The lowest BCUT2D eigenvalue weighted by Crippen LogP contribution is -2.66. The van der Waals surface area contributed by atoms with Crippen molar-refractivity contribution in [1.82, 2.24) is 15.1 Å². The lowest BCUT2D eigenvalue weighted by Gasteiger charge is -2.56. The first-order valence-corrected chi connectivity index (χ1v) is 10.1. The molecule has 0 unspecified atom stereocenters. The van der Waals surface area contributed by atoms with Gasteiger partial charge < -0.3 is 10.2 Å². The van der Waals surface area contributed by atoms with Crippen LogP contribution in [-0.2, 0) is 16.1 Å². The first kappa shape index (κ1) is 19.3. The summed E-state index contributed by atoms with van der Waals surface area (Å²) in [7, 11) is 0. The highest BCUT2D eigenvalue weighted by Crippen LogP contribution is 2.41. The predicted molar refractivity (Wildman–Crippen MR) is 100 cm³/mol. The van der Waals surface area contributed by atoms with Gasteiger partial charge in [0, 0.05) is 51.1 Å². The van der Waals surface area contributed by atoms with Crippen LogP contribution in [0.5, 0.6) is 0 Å². The molecule has 5 nitrogen and oxygen atoms in total. The molecule has 0 aliphatic carbocycles. The lowest BCUT2D eigenvalue weighted by atomic mass is 9.72. The maximum absolute atomic E-state index is 14.2. The van der Waals surface area contributed by atoms with Gasteiger partial charge in [0.25, 0.3) is 0 Å². The van der Waals surface area contributed by atoms with Crippen LogP contribution in [0.15, 0.2) is 18.2 Å². The van der Waals surface area contributed by atoms with E-state index in [4.69, 9.17) is 0 Å². The molecule has 0 saturated carbocycles. The van der Waals surface area contributed by atoms with Gasteiger partial charge in [-0.05, 0) is 37.2 Å². The van der Waals surface area contributed by atoms with Gasteiger partial charge in [-0.15, -0.1) is 0 Å². The molecule has 3 heterocycles. The Kier molecular flexibility index (Phi) is 5.36. The number of nitrogens with one attached hydrogen (secondary N) is 1. The molecule has 2 amide bonds. The minimum atomic E-state index is -0.817. The number of hydrogen-bond acceptors (Lipinski definition) is 3. The zero-order valence-electron chi connectivity index (χ0n) is 16.2. The molecule has 28 heavy (non-hydrogen) atoms. The third-order valence-electron chi connectivity index (χ3n) is 6.56. The quantitative estimate of drug-likeness (QED) is 0.857. The van der Waals surface area contributed by atoms with Crippen LogP contribution in [0, 0.1) is 23.5 Å². The number of fused-ring (bicyclic) bond motifs is 4. The number of halogens is 2. The molecule has 1 aromatic rings. The highest BCUT2D eigenvalue weighted by molar-refractivity contribution is 5.78. The number of hydrogen-bond donors (Lipinski definition) is 1. The van der Waals surface area contributed by atoms with Gasteiger partial charge in [-0.2, -0.15) is 0 Å². The van der Waals surface area contributed by atoms with Crippen LogP contribution in [0.3, 0.4) is 0 Å². The second kappa shape index (κ2) is 7.78. The van der Waals surface area contributed by atoms with E-state index in [1.54, 1.807) is 12.1 Å². The van der Waals surface area contributed by atoms with E-state index in [0.717, 1.165) is 31.9 Å². The summed E-state index contributed by atoms with van der Waals surface area (Å²) >= 11 is 0. The van der Waals surface area contributed by atoms with Gasteiger partial charge in [-0.1, -0.05) is 12.1 Å². The van der Waals surface area contributed by atoms with Gasteiger partial charge in [0.15, 0.2) is 11.6 Å². The second-order valence-electron chi connectivity index (χ2n) is 8.43. The Morgan fingerprint density at radius 2 is 2.04 bits per heavy atom. The van der Waals surface area contributed by atoms with Crippen LogP contribution >= 0.6 is 0 Å². The van der Waals surface area contributed by atoms with Crippen molar-refractivity contribution in [3.05, 3.63) is 35.4 Å². The Bertz CT molecular complexity index is 772. The standard InChI is InChI=1S/C21H27F2N3O2/c1-13(27)24-9-19-16-8-15(18-6-3-7-20(28)26(18)19)11-25(12-16)10-14-4-2-5-17(22)21(14)23/h2,4-5,15-16,18-19H,3,6-12H2,1H3,(H,24,27)/t15-,16+,18+,19+/m1/s1. The molecule has 1 N–H and O–H groups in total. The van der Waals surface area contributed by atoms with Gasteiger partial charge in [0.1, 0.15) is 0 Å². The van der Waals surface area contributed by atoms with E-state index in [1.165, 1.54) is 6.92 Å². The maximum atomic E-state index is 14.2. The molecule has 3 aliphatic rings. The molecule has 0 spiro atoms. The minimum Gasteiger partial charge on any atom is -0.354 e. The van der Waals surface area contributed by atoms with Crippen molar-refractivity contribution in [3.8, 4) is 0 Å². The van der Waals surface area contributed by atoms with Gasteiger partial charge in [0.2, 0.25) is 11.8 Å². The van der Waals surface area contributed by atoms with E-state index >= 15 is 0 Å². The number of likely N-dealkylation sites (tertiary alicyclic amines) is 1. The van der Waals surface area contributed by atoms with Gasteiger partial charge in [0.05, 0.1) is 6.04 Å². The van der Waals surface area contributed by atoms with Crippen molar-refractivity contribution in [2.75, 3.05) is 19.6 Å². The summed E-state index contributed by atoms with van der Waals surface area (Å²) in [6.45, 7) is 3.81. The Hall–Kier alpha value is -2.02. The number of nitrogens with zero attached hydrogens (tertiary/aromatic N) is 2. The fourth-order valence-electron chi connectivity index (χ4n) is 5.42. The summed E-state index contributed by atoms with van der Waals surface area (Å²) in [5.41, 5.74) is 0.370. The molecule has 3 aliphatic heterocycles. The normalized spacial score (nSPS) is 30.1. The lowest BCUT2D eigenvalue weighted by molar-refractivity contribution is -0.153. The zero-order valence-corrected chi connectivity index (χ0v) is 16.2. The molecule has 3 fully saturated rings. The van der Waals surface area contributed by atoms with Crippen LogP contribution in [0.1, 0.15) is 38.2 Å².